The minimum Gasteiger partial charge on any atom is -0.303 e. The van der Waals surface area contributed by atoms with Gasteiger partial charge in [0.1, 0.15) is 6.29 Å². The Hall–Kier alpha value is -1.65. The second-order valence-electron chi connectivity index (χ2n) is 5.46. The first-order chi connectivity index (χ1) is 10.5. The average Bonchev–Trinajstić information content (AvgIpc) is 2.53. The van der Waals surface area contributed by atoms with E-state index in [4.69, 9.17) is 11.6 Å². The monoisotopic (exact) mass is 334 g/mol. The van der Waals surface area contributed by atoms with E-state index in [-0.39, 0.29) is 15.7 Å². The molecule has 0 saturated carbocycles. The Morgan fingerprint density at radius 3 is 2.59 bits per heavy atom. The first-order valence-corrected chi connectivity index (χ1v) is 8.97. The second kappa shape index (κ2) is 5.86. The Bertz CT molecular complexity index is 828. The molecule has 0 spiro atoms. The van der Waals surface area contributed by atoms with Crippen LogP contribution in [0.3, 0.4) is 0 Å². The third-order valence-electron chi connectivity index (χ3n) is 4.06. The van der Waals surface area contributed by atoms with Crippen LogP contribution in [0.2, 0.25) is 5.02 Å². The van der Waals surface area contributed by atoms with Gasteiger partial charge in [-0.3, -0.25) is 0 Å². The van der Waals surface area contributed by atoms with E-state index in [1.807, 2.05) is 0 Å². The predicted octanol–water partition coefficient (Wildman–Crippen LogP) is 3.79. The highest BCUT2D eigenvalue weighted by atomic mass is 35.5. The summed E-state index contributed by atoms with van der Waals surface area (Å²) in [5, 5.41) is 0.389. The Labute approximate surface area is 134 Å². The molecule has 22 heavy (non-hydrogen) atoms. The van der Waals surface area contributed by atoms with E-state index < -0.39 is 9.84 Å². The lowest BCUT2D eigenvalue weighted by Crippen LogP contribution is -2.12. The molecule has 0 fully saturated rings. The van der Waals surface area contributed by atoms with E-state index in [9.17, 15) is 13.2 Å². The maximum atomic E-state index is 12.7. The van der Waals surface area contributed by atoms with Crippen LogP contribution < -0.4 is 0 Å². The van der Waals surface area contributed by atoms with Gasteiger partial charge >= 0.3 is 0 Å². The highest BCUT2D eigenvalue weighted by Crippen LogP contribution is 2.33. The molecular formula is C17H15ClO3S. The Balaban J connectivity index is 2.07. The van der Waals surface area contributed by atoms with Gasteiger partial charge in [0.2, 0.25) is 9.84 Å². The minimum absolute atomic E-state index is 0.119. The van der Waals surface area contributed by atoms with Crippen molar-refractivity contribution in [2.45, 2.75) is 35.0 Å². The third kappa shape index (κ3) is 2.69. The molecule has 0 amide bonds. The van der Waals surface area contributed by atoms with E-state index in [2.05, 4.69) is 0 Å². The number of halogens is 1. The molecule has 0 radical (unpaired) electrons. The summed E-state index contributed by atoms with van der Waals surface area (Å²) < 4.78 is 25.4. The second-order valence-corrected chi connectivity index (χ2v) is 7.84. The number of sulfone groups is 1. The average molecular weight is 335 g/mol. The summed E-state index contributed by atoms with van der Waals surface area (Å²) in [5.74, 6) is -0.119. The van der Waals surface area contributed by atoms with E-state index in [1.165, 1.54) is 12.1 Å². The van der Waals surface area contributed by atoms with Gasteiger partial charge in [0.15, 0.2) is 0 Å². The van der Waals surface area contributed by atoms with Gasteiger partial charge in [-0.15, -0.1) is 0 Å². The number of aryl methyl sites for hydroxylation is 1. The number of aldehydes is 1. The molecule has 0 heterocycles. The van der Waals surface area contributed by atoms with Gasteiger partial charge in [-0.05, 0) is 60.7 Å². The largest absolute Gasteiger partial charge is 0.303 e. The molecule has 0 aromatic heterocycles. The van der Waals surface area contributed by atoms with Crippen LogP contribution in [0.1, 0.15) is 29.9 Å². The third-order valence-corrected chi connectivity index (χ3v) is 6.04. The standard InChI is InChI=1S/C17H15ClO3S/c18-14-5-2-6-15(10-14)22(20,21)16-7-8-17-12(9-16)3-1-4-13(17)11-19/h2,5-11,13H,1,3-4H2. The smallest absolute Gasteiger partial charge is 0.206 e. The van der Waals surface area contributed by atoms with Crippen molar-refractivity contribution in [3.8, 4) is 0 Å². The van der Waals surface area contributed by atoms with Gasteiger partial charge in [-0.2, -0.15) is 0 Å². The van der Waals surface area contributed by atoms with E-state index >= 15 is 0 Å². The van der Waals surface area contributed by atoms with Gasteiger partial charge in [-0.25, -0.2) is 8.42 Å². The molecule has 0 saturated heterocycles. The summed E-state index contributed by atoms with van der Waals surface area (Å²) in [7, 11) is -3.59. The molecule has 0 bridgehead atoms. The SMILES string of the molecule is O=CC1CCCc2cc(S(=O)(=O)c3cccc(Cl)c3)ccc21. The lowest BCUT2D eigenvalue weighted by molar-refractivity contribution is -0.109. The predicted molar refractivity (Wildman–Crippen MR) is 85.1 cm³/mol. The van der Waals surface area contributed by atoms with Crippen LogP contribution in [0.4, 0.5) is 0 Å². The first-order valence-electron chi connectivity index (χ1n) is 7.11. The summed E-state index contributed by atoms with van der Waals surface area (Å²) in [4.78, 5) is 11.6. The van der Waals surface area contributed by atoms with Gasteiger partial charge in [-0.1, -0.05) is 23.7 Å². The molecule has 114 valence electrons. The van der Waals surface area contributed by atoms with Crippen molar-refractivity contribution < 1.29 is 13.2 Å². The number of carbonyl (C=O) groups excluding carboxylic acids is 1. The lowest BCUT2D eigenvalue weighted by Gasteiger charge is -2.21. The van der Waals surface area contributed by atoms with Crippen molar-refractivity contribution in [1.82, 2.24) is 0 Å². The maximum Gasteiger partial charge on any atom is 0.206 e. The van der Waals surface area contributed by atoms with Crippen LogP contribution in [0.5, 0.6) is 0 Å². The lowest BCUT2D eigenvalue weighted by atomic mass is 9.84. The molecule has 1 aliphatic carbocycles. The van der Waals surface area contributed by atoms with Crippen LogP contribution in [0.25, 0.3) is 0 Å². The van der Waals surface area contributed by atoms with Crippen molar-refractivity contribution >= 4 is 27.7 Å². The van der Waals surface area contributed by atoms with E-state index in [0.717, 1.165) is 36.7 Å². The van der Waals surface area contributed by atoms with Crippen LogP contribution in [0, 0.1) is 0 Å². The zero-order valence-electron chi connectivity index (χ0n) is 11.8. The topological polar surface area (TPSA) is 51.2 Å². The molecule has 2 aromatic carbocycles. The fraction of sp³-hybridized carbons (Fsp3) is 0.235. The fourth-order valence-corrected chi connectivity index (χ4v) is 4.52. The maximum absolute atomic E-state index is 12.7. The number of hydrogen-bond acceptors (Lipinski definition) is 3. The van der Waals surface area contributed by atoms with Crippen LogP contribution in [0.15, 0.2) is 52.3 Å². The molecular weight excluding hydrogens is 320 g/mol. The molecule has 0 N–H and O–H groups in total. The summed E-state index contributed by atoms with van der Waals surface area (Å²) in [6.07, 6.45) is 3.48. The molecule has 3 rings (SSSR count). The summed E-state index contributed by atoms with van der Waals surface area (Å²) in [6.45, 7) is 0. The van der Waals surface area contributed by atoms with Crippen molar-refractivity contribution in [2.75, 3.05) is 0 Å². The zero-order chi connectivity index (χ0) is 15.7. The number of rotatable bonds is 3. The highest BCUT2D eigenvalue weighted by Gasteiger charge is 2.24. The van der Waals surface area contributed by atoms with Crippen molar-refractivity contribution in [2.24, 2.45) is 0 Å². The van der Waals surface area contributed by atoms with Crippen molar-refractivity contribution in [3.05, 3.63) is 58.6 Å². The van der Waals surface area contributed by atoms with Gasteiger partial charge in [0.25, 0.3) is 0 Å². The van der Waals surface area contributed by atoms with E-state index in [1.54, 1.807) is 30.3 Å². The number of fused-ring (bicyclic) bond motifs is 1. The molecule has 1 unspecified atom stereocenters. The Morgan fingerprint density at radius 2 is 1.86 bits per heavy atom. The van der Waals surface area contributed by atoms with Gasteiger partial charge in [0, 0.05) is 10.9 Å². The Kier molecular flexibility index (Phi) is 4.06. The molecule has 1 aliphatic rings. The quantitative estimate of drug-likeness (QED) is 0.802. The van der Waals surface area contributed by atoms with Crippen LogP contribution in [-0.2, 0) is 21.1 Å². The molecule has 1 atom stereocenters. The molecule has 0 aliphatic heterocycles. The zero-order valence-corrected chi connectivity index (χ0v) is 13.4. The molecule has 5 heteroatoms. The van der Waals surface area contributed by atoms with Crippen LogP contribution in [-0.4, -0.2) is 14.7 Å². The molecule has 3 nitrogen and oxygen atoms in total. The van der Waals surface area contributed by atoms with Gasteiger partial charge in [0.05, 0.1) is 9.79 Å². The first kappa shape index (κ1) is 15.3. The Morgan fingerprint density at radius 1 is 1.09 bits per heavy atom. The summed E-state index contributed by atoms with van der Waals surface area (Å²) in [5.41, 5.74) is 1.90. The normalized spacial score (nSPS) is 17.8. The number of hydrogen-bond donors (Lipinski definition) is 0. The van der Waals surface area contributed by atoms with Crippen molar-refractivity contribution in [3.63, 3.8) is 0 Å². The van der Waals surface area contributed by atoms with Gasteiger partial charge < -0.3 is 4.79 Å². The summed E-state index contributed by atoms with van der Waals surface area (Å²) >= 11 is 5.89. The van der Waals surface area contributed by atoms with Crippen LogP contribution >= 0.6 is 11.6 Å². The fourth-order valence-electron chi connectivity index (χ4n) is 2.91. The minimum atomic E-state index is -3.59. The number of carbonyl (C=O) groups is 1. The summed E-state index contributed by atoms with van der Waals surface area (Å²) in [6, 6.07) is 11.3. The van der Waals surface area contributed by atoms with E-state index in [0.29, 0.717) is 5.02 Å². The molecule has 2 aromatic rings. The number of benzene rings is 2. The van der Waals surface area contributed by atoms with Crippen molar-refractivity contribution in [1.29, 1.82) is 0 Å². The highest BCUT2D eigenvalue weighted by molar-refractivity contribution is 7.91.